The number of aromatic nitrogens is 2. The molecular weight excluding hydrogens is 729 g/mol. The average molecular weight is 766 g/mol. The molecule has 274 valence electrons. The third-order valence-corrected chi connectivity index (χ3v) is 12.8. The highest BCUT2D eigenvalue weighted by Gasteiger charge is 2.51. The molecular formula is C42H36Cl2F2N6O2. The summed E-state index contributed by atoms with van der Waals surface area (Å²) in [6.45, 7) is 3.16. The lowest BCUT2D eigenvalue weighted by Gasteiger charge is -2.39. The molecule has 3 aromatic carbocycles. The van der Waals surface area contributed by atoms with Gasteiger partial charge in [0.15, 0.2) is 5.82 Å². The second-order valence-corrected chi connectivity index (χ2v) is 15.9. The van der Waals surface area contributed by atoms with E-state index in [0.717, 1.165) is 42.4 Å². The Bertz CT molecular complexity index is 2450. The second-order valence-electron chi connectivity index (χ2n) is 15.1. The number of ether oxygens (including phenoxy) is 1. The van der Waals surface area contributed by atoms with Crippen molar-refractivity contribution < 1.29 is 18.3 Å². The molecule has 5 aromatic rings. The summed E-state index contributed by atoms with van der Waals surface area (Å²) in [4.78, 5) is 20.9. The molecule has 5 fully saturated rings. The predicted octanol–water partition coefficient (Wildman–Crippen LogP) is 8.88. The average Bonchev–Trinajstić information content (AvgIpc) is 3.45. The molecule has 2 aromatic heterocycles. The van der Waals surface area contributed by atoms with Crippen LogP contribution in [-0.4, -0.2) is 45.6 Å². The van der Waals surface area contributed by atoms with Crippen LogP contribution >= 0.6 is 23.2 Å². The van der Waals surface area contributed by atoms with E-state index in [-0.39, 0.29) is 70.7 Å². The predicted molar refractivity (Wildman–Crippen MR) is 202 cm³/mol. The summed E-state index contributed by atoms with van der Waals surface area (Å²) < 4.78 is 40.4. The number of nitrogens with zero attached hydrogens (tertiary/aromatic N) is 5. The first-order valence-corrected chi connectivity index (χ1v) is 19.2. The van der Waals surface area contributed by atoms with E-state index in [1.54, 1.807) is 30.3 Å². The van der Waals surface area contributed by atoms with Gasteiger partial charge in [0.2, 0.25) is 5.91 Å². The molecule has 54 heavy (non-hydrogen) atoms. The van der Waals surface area contributed by atoms with E-state index in [1.165, 1.54) is 6.07 Å². The van der Waals surface area contributed by atoms with Crippen molar-refractivity contribution in [2.75, 3.05) is 13.1 Å². The number of rotatable bonds is 9. The number of amides is 1. The van der Waals surface area contributed by atoms with Crippen LogP contribution in [0.15, 0.2) is 48.5 Å². The minimum Gasteiger partial charge on any atom is -0.372 e. The van der Waals surface area contributed by atoms with Crippen molar-refractivity contribution in [1.82, 2.24) is 19.8 Å². The van der Waals surface area contributed by atoms with E-state index in [1.807, 2.05) is 24.0 Å². The molecule has 0 spiro atoms. The first-order valence-electron chi connectivity index (χ1n) is 18.5. The molecule has 5 heterocycles. The Morgan fingerprint density at radius 1 is 1.07 bits per heavy atom. The van der Waals surface area contributed by atoms with Gasteiger partial charge in [0.25, 0.3) is 0 Å². The normalized spacial score (nSPS) is 23.2. The van der Waals surface area contributed by atoms with Gasteiger partial charge >= 0.3 is 0 Å². The number of hydrogen-bond donors (Lipinski definition) is 1. The third kappa shape index (κ3) is 5.66. The van der Waals surface area contributed by atoms with E-state index in [0.29, 0.717) is 58.1 Å². The number of nitrogens with one attached hydrogen (secondary N) is 1. The highest BCUT2D eigenvalue weighted by molar-refractivity contribution is 6.43. The molecule has 10 rings (SSSR count). The zero-order chi connectivity index (χ0) is 37.4. The molecule has 3 aliphatic heterocycles. The van der Waals surface area contributed by atoms with Crippen LogP contribution in [0.3, 0.4) is 0 Å². The lowest BCUT2D eigenvalue weighted by Crippen LogP contribution is -2.41. The lowest BCUT2D eigenvalue weighted by molar-refractivity contribution is -0.134. The van der Waals surface area contributed by atoms with Crippen molar-refractivity contribution in [2.24, 2.45) is 11.8 Å². The van der Waals surface area contributed by atoms with Crippen LogP contribution in [0.25, 0.3) is 32.9 Å². The van der Waals surface area contributed by atoms with Crippen molar-refractivity contribution in [2.45, 2.75) is 76.3 Å². The molecule has 2 bridgehead atoms. The fourth-order valence-corrected chi connectivity index (χ4v) is 9.52. The van der Waals surface area contributed by atoms with Gasteiger partial charge in [0, 0.05) is 71.2 Å². The molecule has 1 N–H and O–H groups in total. The van der Waals surface area contributed by atoms with Crippen molar-refractivity contribution >= 4 is 50.9 Å². The molecule has 8 nitrogen and oxygen atoms in total. The van der Waals surface area contributed by atoms with Crippen LogP contribution in [0.1, 0.15) is 72.3 Å². The summed E-state index contributed by atoms with van der Waals surface area (Å²) in [6, 6.07) is 17.9. The summed E-state index contributed by atoms with van der Waals surface area (Å²) >= 11 is 13.1. The minimum absolute atomic E-state index is 0.0307. The fraction of sp³-hybridized carbons (Fsp3) is 0.381. The van der Waals surface area contributed by atoms with Gasteiger partial charge in [0.05, 0.1) is 52.0 Å². The van der Waals surface area contributed by atoms with E-state index >= 15 is 4.39 Å². The maximum absolute atomic E-state index is 17.2. The number of halogens is 4. The van der Waals surface area contributed by atoms with Gasteiger partial charge in [0.1, 0.15) is 17.4 Å². The Kier molecular flexibility index (Phi) is 8.86. The van der Waals surface area contributed by atoms with E-state index in [4.69, 9.17) is 32.9 Å². The first kappa shape index (κ1) is 35.1. The molecule has 5 atom stereocenters. The van der Waals surface area contributed by atoms with Gasteiger partial charge in [-0.25, -0.2) is 13.8 Å². The zero-order valence-electron chi connectivity index (χ0n) is 29.5. The smallest absolute Gasteiger partial charge is 0.226 e. The third-order valence-electron chi connectivity index (χ3n) is 11.9. The Labute approximate surface area is 321 Å². The number of hydrogen-bond acceptors (Lipinski definition) is 6. The fourth-order valence-electron chi connectivity index (χ4n) is 9.13. The molecule has 0 unspecified atom stereocenters. The Balaban J connectivity index is 1.21. The molecule has 2 saturated carbocycles. The number of fused-ring (bicyclic) bond motifs is 4. The monoisotopic (exact) mass is 764 g/mol. The number of pyridine rings is 1. The van der Waals surface area contributed by atoms with Crippen molar-refractivity contribution in [3.63, 3.8) is 0 Å². The Morgan fingerprint density at radius 2 is 1.89 bits per heavy atom. The van der Waals surface area contributed by atoms with E-state index < -0.39 is 11.6 Å². The largest absolute Gasteiger partial charge is 0.372 e. The van der Waals surface area contributed by atoms with Gasteiger partial charge in [-0.05, 0) is 73.9 Å². The summed E-state index contributed by atoms with van der Waals surface area (Å²) in [5.74, 6) is -0.690. The number of nitriles is 2. The SMILES string of the molecule is Cc1nc2c(F)c(-c3cccc(Cl)c3Cl)c(CCC#N)cc2c2c1cc([C@H]1C[C@H](OCc3cccc(F)c3C#N)CN1C(=O)C1CC1)n2[C@H]1[C@H]2CN[C@@H]1C2. The van der Waals surface area contributed by atoms with Crippen LogP contribution < -0.4 is 5.32 Å². The van der Waals surface area contributed by atoms with E-state index in [2.05, 4.69) is 22.0 Å². The van der Waals surface area contributed by atoms with Crippen LogP contribution in [0.2, 0.25) is 10.0 Å². The Morgan fingerprint density at radius 3 is 2.61 bits per heavy atom. The number of carbonyl (C=O) groups is 1. The molecule has 3 saturated heterocycles. The lowest BCUT2D eigenvalue weighted by atomic mass is 9.79. The van der Waals surface area contributed by atoms with Crippen molar-refractivity contribution in [3.05, 3.63) is 98.3 Å². The molecule has 1 amide bonds. The van der Waals surface area contributed by atoms with Crippen LogP contribution in [0.4, 0.5) is 8.78 Å². The van der Waals surface area contributed by atoms with Gasteiger partial charge in [-0.2, -0.15) is 10.5 Å². The van der Waals surface area contributed by atoms with Gasteiger partial charge in [-0.1, -0.05) is 47.5 Å². The molecule has 12 heteroatoms. The maximum Gasteiger partial charge on any atom is 0.226 e. The van der Waals surface area contributed by atoms with Crippen molar-refractivity contribution in [1.29, 1.82) is 10.5 Å². The summed E-state index contributed by atoms with van der Waals surface area (Å²) in [5, 5.41) is 24.9. The highest BCUT2D eigenvalue weighted by atomic mass is 35.5. The first-order chi connectivity index (χ1) is 26.2. The van der Waals surface area contributed by atoms with Crippen LogP contribution in [0.5, 0.6) is 0 Å². The van der Waals surface area contributed by atoms with Crippen LogP contribution in [-0.2, 0) is 22.6 Å². The second kappa shape index (κ2) is 13.6. The van der Waals surface area contributed by atoms with E-state index in [9.17, 15) is 19.7 Å². The Hall–Kier alpha value is -4.58. The summed E-state index contributed by atoms with van der Waals surface area (Å²) in [7, 11) is 0. The number of aryl methyl sites for hydroxylation is 2. The number of likely N-dealkylation sites (tertiary alicyclic amines) is 1. The number of carbonyl (C=O) groups excluding carboxylic acids is 1. The van der Waals surface area contributed by atoms with Gasteiger partial charge < -0.3 is 19.5 Å². The topological polar surface area (TPSA) is 107 Å². The van der Waals surface area contributed by atoms with Crippen LogP contribution in [0, 0.1) is 53.1 Å². The van der Waals surface area contributed by atoms with Gasteiger partial charge in [-0.3, -0.25) is 4.79 Å². The minimum atomic E-state index is -0.590. The van der Waals surface area contributed by atoms with Crippen molar-refractivity contribution in [3.8, 4) is 23.3 Å². The molecule has 0 radical (unpaired) electrons. The summed E-state index contributed by atoms with van der Waals surface area (Å²) in [6.07, 6.45) is 3.34. The summed E-state index contributed by atoms with van der Waals surface area (Å²) in [5.41, 5.74) is 4.47. The number of benzene rings is 3. The molecule has 2 aliphatic carbocycles. The maximum atomic E-state index is 17.2. The zero-order valence-corrected chi connectivity index (χ0v) is 31.0. The molecule has 5 aliphatic rings. The quantitative estimate of drug-likeness (QED) is 0.161. The van der Waals surface area contributed by atoms with Gasteiger partial charge in [-0.15, -0.1) is 0 Å². The highest BCUT2D eigenvalue weighted by Crippen LogP contribution is 2.51. The standard InChI is InChI=1S/C42H36Cl2F2N6O2/c1-21-28-16-35(34-15-26(19-51(34)42(53)22-10-11-22)54-20-24-5-2-9-32(45)30(24)17-48)52(40-25-14-33(40)49-18-25)41(28)29-13-23(6-4-12-47)36(38(46)39(29)50-21)27-7-3-8-31(43)37(27)44/h2-3,5,7-9,13,16,22,25-26,33-34,40,49H,4,6,10-11,14-15,18-20H2,1H3/t25-,26+,33-,34-,40+/m1/s1.